The van der Waals surface area contributed by atoms with Crippen molar-refractivity contribution in [3.8, 4) is 5.75 Å². The Morgan fingerprint density at radius 3 is 2.52 bits per heavy atom. The number of carbonyl (C=O) groups is 1. The van der Waals surface area contributed by atoms with Gasteiger partial charge >= 0.3 is 0 Å². The van der Waals surface area contributed by atoms with Crippen LogP contribution in [-0.4, -0.2) is 34.2 Å². The van der Waals surface area contributed by atoms with Gasteiger partial charge in [0.1, 0.15) is 5.75 Å². The molecule has 0 aliphatic carbocycles. The lowest BCUT2D eigenvalue weighted by molar-refractivity contribution is 0.0935. The summed E-state index contributed by atoms with van der Waals surface area (Å²) >= 11 is 0. The second kappa shape index (κ2) is 7.60. The summed E-state index contributed by atoms with van der Waals surface area (Å²) < 4.78 is 30.2. The summed E-state index contributed by atoms with van der Waals surface area (Å²) in [6.07, 6.45) is 2.56. The molecule has 3 rings (SSSR count). The van der Waals surface area contributed by atoms with Crippen molar-refractivity contribution < 1.29 is 17.9 Å². The first-order valence-electron chi connectivity index (χ1n) is 8.89. The summed E-state index contributed by atoms with van der Waals surface area (Å²) in [6.45, 7) is 2.44. The van der Waals surface area contributed by atoms with Crippen LogP contribution >= 0.6 is 0 Å². The van der Waals surface area contributed by atoms with Crippen LogP contribution in [0.2, 0.25) is 0 Å². The number of carbonyl (C=O) groups excluding carboxylic acids is 1. The van der Waals surface area contributed by atoms with Crippen LogP contribution in [0.15, 0.2) is 42.5 Å². The molecule has 27 heavy (non-hydrogen) atoms. The second-order valence-electron chi connectivity index (χ2n) is 6.64. The molecule has 1 amide bonds. The van der Waals surface area contributed by atoms with Gasteiger partial charge in [0.15, 0.2) is 0 Å². The molecule has 0 saturated carbocycles. The lowest BCUT2D eigenvalue weighted by atomic mass is 10.0. The van der Waals surface area contributed by atoms with Crippen LogP contribution in [0.3, 0.4) is 0 Å². The zero-order valence-corrected chi connectivity index (χ0v) is 16.5. The Kier molecular flexibility index (Phi) is 5.41. The maximum atomic E-state index is 12.7. The predicted octanol–water partition coefficient (Wildman–Crippen LogP) is 2.90. The number of rotatable bonds is 6. The SMILES string of the molecule is CCC(NC(=O)c1ccc2c(c1)CCN2S(C)(=O)=O)c1ccc(OC)cc1. The zero-order valence-electron chi connectivity index (χ0n) is 15.7. The molecule has 1 atom stereocenters. The molecule has 1 aliphatic rings. The molecular formula is C20H24N2O4S. The fourth-order valence-electron chi connectivity index (χ4n) is 3.36. The van der Waals surface area contributed by atoms with E-state index in [0.29, 0.717) is 24.2 Å². The third-order valence-corrected chi connectivity index (χ3v) is 6.01. The number of sulfonamides is 1. The summed E-state index contributed by atoms with van der Waals surface area (Å²) in [5, 5.41) is 3.06. The van der Waals surface area contributed by atoms with E-state index in [0.717, 1.165) is 23.3 Å². The Morgan fingerprint density at radius 2 is 1.93 bits per heavy atom. The monoisotopic (exact) mass is 388 g/mol. The lowest BCUT2D eigenvalue weighted by Gasteiger charge is -2.19. The van der Waals surface area contributed by atoms with Gasteiger partial charge in [-0.25, -0.2) is 8.42 Å². The molecule has 0 spiro atoms. The highest BCUT2D eigenvalue weighted by molar-refractivity contribution is 7.92. The Labute approximate surface area is 160 Å². The molecule has 0 fully saturated rings. The van der Waals surface area contributed by atoms with Crippen molar-refractivity contribution >= 4 is 21.6 Å². The summed E-state index contributed by atoms with van der Waals surface area (Å²) in [7, 11) is -1.67. The summed E-state index contributed by atoms with van der Waals surface area (Å²) in [4.78, 5) is 12.7. The average Bonchev–Trinajstić information content (AvgIpc) is 3.09. The molecule has 144 valence electrons. The molecule has 2 aromatic rings. The van der Waals surface area contributed by atoms with E-state index in [1.807, 2.05) is 31.2 Å². The Morgan fingerprint density at radius 1 is 1.22 bits per heavy atom. The number of benzene rings is 2. The van der Waals surface area contributed by atoms with E-state index in [1.54, 1.807) is 25.3 Å². The first-order valence-corrected chi connectivity index (χ1v) is 10.7. The summed E-state index contributed by atoms with van der Waals surface area (Å²) in [5.74, 6) is 0.604. The van der Waals surface area contributed by atoms with Gasteiger partial charge in [-0.3, -0.25) is 9.10 Å². The third-order valence-electron chi connectivity index (χ3n) is 4.83. The molecule has 1 aliphatic heterocycles. The van der Waals surface area contributed by atoms with E-state index in [-0.39, 0.29) is 11.9 Å². The van der Waals surface area contributed by atoms with E-state index in [2.05, 4.69) is 5.32 Å². The zero-order chi connectivity index (χ0) is 19.6. The minimum Gasteiger partial charge on any atom is -0.497 e. The Balaban J connectivity index is 1.77. The van der Waals surface area contributed by atoms with Crippen LogP contribution in [0.25, 0.3) is 0 Å². The van der Waals surface area contributed by atoms with Crippen LogP contribution in [0.4, 0.5) is 5.69 Å². The highest BCUT2D eigenvalue weighted by atomic mass is 32.2. The number of nitrogens with zero attached hydrogens (tertiary/aromatic N) is 1. The topological polar surface area (TPSA) is 75.7 Å². The lowest BCUT2D eigenvalue weighted by Crippen LogP contribution is -2.28. The number of hydrogen-bond acceptors (Lipinski definition) is 4. The molecule has 1 unspecified atom stereocenters. The highest BCUT2D eigenvalue weighted by Gasteiger charge is 2.27. The van der Waals surface area contributed by atoms with Gasteiger partial charge in [0.2, 0.25) is 10.0 Å². The van der Waals surface area contributed by atoms with Crippen LogP contribution in [0.5, 0.6) is 5.75 Å². The number of hydrogen-bond donors (Lipinski definition) is 1. The van der Waals surface area contributed by atoms with Crippen LogP contribution in [-0.2, 0) is 16.4 Å². The Bertz CT molecular complexity index is 939. The molecule has 1 N–H and O–H groups in total. The summed E-state index contributed by atoms with van der Waals surface area (Å²) in [5.41, 5.74) is 3.09. The highest BCUT2D eigenvalue weighted by Crippen LogP contribution is 2.31. The van der Waals surface area contributed by atoms with E-state index < -0.39 is 10.0 Å². The van der Waals surface area contributed by atoms with Crippen molar-refractivity contribution in [3.05, 3.63) is 59.2 Å². The van der Waals surface area contributed by atoms with Crippen molar-refractivity contribution in [3.63, 3.8) is 0 Å². The number of amides is 1. The molecule has 1 heterocycles. The van der Waals surface area contributed by atoms with Gasteiger partial charge in [-0.1, -0.05) is 19.1 Å². The van der Waals surface area contributed by atoms with Crippen LogP contribution < -0.4 is 14.4 Å². The van der Waals surface area contributed by atoms with Crippen molar-refractivity contribution in [1.29, 1.82) is 0 Å². The molecule has 0 radical (unpaired) electrons. The van der Waals surface area contributed by atoms with Gasteiger partial charge in [-0.15, -0.1) is 0 Å². The number of nitrogens with one attached hydrogen (secondary N) is 1. The fourth-order valence-corrected chi connectivity index (χ4v) is 4.31. The van der Waals surface area contributed by atoms with Crippen LogP contribution in [0.1, 0.15) is 40.9 Å². The van der Waals surface area contributed by atoms with Crippen molar-refractivity contribution in [2.45, 2.75) is 25.8 Å². The third kappa shape index (κ3) is 4.08. The van der Waals surface area contributed by atoms with Crippen molar-refractivity contribution in [1.82, 2.24) is 5.32 Å². The van der Waals surface area contributed by atoms with Crippen LogP contribution in [0, 0.1) is 0 Å². The molecule has 6 nitrogen and oxygen atoms in total. The maximum absolute atomic E-state index is 12.7. The first kappa shape index (κ1) is 19.2. The van der Waals surface area contributed by atoms with Gasteiger partial charge in [0.25, 0.3) is 5.91 Å². The van der Waals surface area contributed by atoms with E-state index in [4.69, 9.17) is 4.74 Å². The summed E-state index contributed by atoms with van der Waals surface area (Å²) in [6, 6.07) is 12.7. The van der Waals surface area contributed by atoms with Gasteiger partial charge in [-0.05, 0) is 54.3 Å². The smallest absolute Gasteiger partial charge is 0.251 e. The number of methoxy groups -OCH3 is 1. The molecular weight excluding hydrogens is 364 g/mol. The van der Waals surface area contributed by atoms with Gasteiger partial charge in [0.05, 0.1) is 25.1 Å². The van der Waals surface area contributed by atoms with Gasteiger partial charge in [-0.2, -0.15) is 0 Å². The normalized spacial score (nSPS) is 14.6. The minimum atomic E-state index is -3.29. The molecule has 0 aromatic heterocycles. The number of ether oxygens (including phenoxy) is 1. The van der Waals surface area contributed by atoms with Gasteiger partial charge < -0.3 is 10.1 Å². The minimum absolute atomic E-state index is 0.107. The van der Waals surface area contributed by atoms with E-state index in [1.165, 1.54) is 10.6 Å². The second-order valence-corrected chi connectivity index (χ2v) is 8.54. The largest absolute Gasteiger partial charge is 0.497 e. The quantitative estimate of drug-likeness (QED) is 0.826. The molecule has 2 aromatic carbocycles. The molecule has 0 saturated heterocycles. The predicted molar refractivity (Wildman–Crippen MR) is 106 cm³/mol. The van der Waals surface area contributed by atoms with E-state index >= 15 is 0 Å². The van der Waals surface area contributed by atoms with E-state index in [9.17, 15) is 13.2 Å². The number of anilines is 1. The van der Waals surface area contributed by atoms with Crippen molar-refractivity contribution in [2.24, 2.45) is 0 Å². The van der Waals surface area contributed by atoms with Crippen molar-refractivity contribution in [2.75, 3.05) is 24.2 Å². The first-order chi connectivity index (χ1) is 12.8. The molecule has 7 heteroatoms. The maximum Gasteiger partial charge on any atom is 0.251 e. The molecule has 0 bridgehead atoms. The fraction of sp³-hybridized carbons (Fsp3) is 0.350. The average molecular weight is 388 g/mol. The Hall–Kier alpha value is -2.54. The van der Waals surface area contributed by atoms with Gasteiger partial charge in [0, 0.05) is 12.1 Å². The standard InChI is InChI=1S/C20H24N2O4S/c1-4-18(14-5-8-17(26-2)9-6-14)21-20(23)16-7-10-19-15(13-16)11-12-22(19)27(3,24)25/h5-10,13,18H,4,11-12H2,1-3H3,(H,21,23). The number of fused-ring (bicyclic) bond motifs is 1.